The van der Waals surface area contributed by atoms with Crippen LogP contribution < -0.4 is 5.32 Å². The van der Waals surface area contributed by atoms with E-state index in [0.29, 0.717) is 6.04 Å². The lowest BCUT2D eigenvalue weighted by Crippen LogP contribution is -2.21. The standard InChI is InChI=1S/C15H19NS/c1-11(2)16-9-13-5-4-6-14(8-13)15-7-12(3)17-10-15/h4-8,10-11,16H,9H2,1-3H3. The minimum atomic E-state index is 0.530. The zero-order valence-electron chi connectivity index (χ0n) is 10.7. The van der Waals surface area contributed by atoms with E-state index in [1.807, 2.05) is 11.3 Å². The lowest BCUT2D eigenvalue weighted by molar-refractivity contribution is 0.589. The molecular weight excluding hydrogens is 226 g/mol. The summed E-state index contributed by atoms with van der Waals surface area (Å²) >= 11 is 1.81. The second-order valence-electron chi connectivity index (χ2n) is 4.68. The van der Waals surface area contributed by atoms with Crippen molar-refractivity contribution in [1.82, 2.24) is 5.32 Å². The number of nitrogens with one attached hydrogen (secondary N) is 1. The third-order valence-corrected chi connectivity index (χ3v) is 3.57. The molecule has 2 heteroatoms. The van der Waals surface area contributed by atoms with Gasteiger partial charge >= 0.3 is 0 Å². The van der Waals surface area contributed by atoms with Crippen LogP contribution in [0.2, 0.25) is 0 Å². The normalized spacial score (nSPS) is 11.1. The maximum Gasteiger partial charge on any atom is 0.0208 e. The van der Waals surface area contributed by atoms with Crippen molar-refractivity contribution in [3.63, 3.8) is 0 Å². The molecule has 0 unspecified atom stereocenters. The second-order valence-corrected chi connectivity index (χ2v) is 5.80. The SMILES string of the molecule is Cc1cc(-c2cccc(CNC(C)C)c2)cs1. The zero-order chi connectivity index (χ0) is 12.3. The van der Waals surface area contributed by atoms with Gasteiger partial charge in [0, 0.05) is 17.5 Å². The van der Waals surface area contributed by atoms with Crippen molar-refractivity contribution in [2.45, 2.75) is 33.4 Å². The van der Waals surface area contributed by atoms with E-state index < -0.39 is 0 Å². The summed E-state index contributed by atoms with van der Waals surface area (Å²) in [6, 6.07) is 11.6. The molecule has 90 valence electrons. The van der Waals surface area contributed by atoms with Gasteiger partial charge in [-0.25, -0.2) is 0 Å². The summed E-state index contributed by atoms with van der Waals surface area (Å²) in [6.45, 7) is 7.44. The Bertz CT molecular complexity index is 485. The van der Waals surface area contributed by atoms with Gasteiger partial charge in [0.15, 0.2) is 0 Å². The van der Waals surface area contributed by atoms with Crippen LogP contribution in [0.1, 0.15) is 24.3 Å². The first-order valence-corrected chi connectivity index (χ1v) is 6.91. The Balaban J connectivity index is 2.16. The number of rotatable bonds is 4. The number of aryl methyl sites for hydroxylation is 1. The quantitative estimate of drug-likeness (QED) is 0.850. The predicted octanol–water partition coefficient (Wildman–Crippen LogP) is 4.22. The van der Waals surface area contributed by atoms with Crippen molar-refractivity contribution in [3.8, 4) is 11.1 Å². The third-order valence-electron chi connectivity index (χ3n) is 2.71. The summed E-state index contributed by atoms with van der Waals surface area (Å²) < 4.78 is 0. The highest BCUT2D eigenvalue weighted by molar-refractivity contribution is 7.10. The first-order valence-electron chi connectivity index (χ1n) is 6.03. The van der Waals surface area contributed by atoms with Crippen LogP contribution in [-0.4, -0.2) is 6.04 Å². The van der Waals surface area contributed by atoms with E-state index in [0.717, 1.165) is 6.54 Å². The van der Waals surface area contributed by atoms with Gasteiger partial charge < -0.3 is 5.32 Å². The molecule has 0 radical (unpaired) electrons. The molecule has 1 N–H and O–H groups in total. The summed E-state index contributed by atoms with van der Waals surface area (Å²) in [5.41, 5.74) is 4.00. The number of thiophene rings is 1. The molecule has 0 aliphatic rings. The molecule has 0 aliphatic carbocycles. The molecule has 1 heterocycles. The topological polar surface area (TPSA) is 12.0 Å². The smallest absolute Gasteiger partial charge is 0.0208 e. The molecule has 0 amide bonds. The molecule has 0 fully saturated rings. The first-order chi connectivity index (χ1) is 8.15. The van der Waals surface area contributed by atoms with Gasteiger partial charge in [0.25, 0.3) is 0 Å². The molecule has 0 spiro atoms. The third kappa shape index (κ3) is 3.42. The Labute approximate surface area is 108 Å². The van der Waals surface area contributed by atoms with Crippen molar-refractivity contribution in [2.24, 2.45) is 0 Å². The van der Waals surface area contributed by atoms with Crippen LogP contribution >= 0.6 is 11.3 Å². The van der Waals surface area contributed by atoms with Gasteiger partial charge in [0.05, 0.1) is 0 Å². The first kappa shape index (κ1) is 12.3. The van der Waals surface area contributed by atoms with E-state index in [4.69, 9.17) is 0 Å². The van der Waals surface area contributed by atoms with Gasteiger partial charge in [-0.05, 0) is 41.1 Å². The van der Waals surface area contributed by atoms with E-state index in [9.17, 15) is 0 Å². The highest BCUT2D eigenvalue weighted by Gasteiger charge is 2.02. The number of hydrogen-bond acceptors (Lipinski definition) is 2. The van der Waals surface area contributed by atoms with Gasteiger partial charge in [-0.15, -0.1) is 11.3 Å². The van der Waals surface area contributed by atoms with Crippen LogP contribution in [0.15, 0.2) is 35.7 Å². The van der Waals surface area contributed by atoms with Crippen LogP contribution in [0.4, 0.5) is 0 Å². The lowest BCUT2D eigenvalue weighted by atomic mass is 10.1. The molecule has 2 aromatic rings. The van der Waals surface area contributed by atoms with Crippen LogP contribution in [0, 0.1) is 6.92 Å². The number of benzene rings is 1. The van der Waals surface area contributed by atoms with E-state index >= 15 is 0 Å². The largest absolute Gasteiger partial charge is 0.310 e. The van der Waals surface area contributed by atoms with Crippen molar-refractivity contribution in [2.75, 3.05) is 0 Å². The highest BCUT2D eigenvalue weighted by Crippen LogP contribution is 2.25. The van der Waals surface area contributed by atoms with Crippen LogP contribution in [0.25, 0.3) is 11.1 Å². The van der Waals surface area contributed by atoms with Gasteiger partial charge in [-0.3, -0.25) is 0 Å². The van der Waals surface area contributed by atoms with E-state index in [1.165, 1.54) is 21.6 Å². The number of hydrogen-bond donors (Lipinski definition) is 1. The summed E-state index contributed by atoms with van der Waals surface area (Å²) in [6.07, 6.45) is 0. The van der Waals surface area contributed by atoms with E-state index in [1.54, 1.807) is 0 Å². The summed E-state index contributed by atoms with van der Waals surface area (Å²) in [4.78, 5) is 1.37. The predicted molar refractivity (Wildman–Crippen MR) is 76.5 cm³/mol. The van der Waals surface area contributed by atoms with Crippen molar-refractivity contribution < 1.29 is 0 Å². The van der Waals surface area contributed by atoms with Gasteiger partial charge in [-0.2, -0.15) is 0 Å². The fourth-order valence-corrected chi connectivity index (χ4v) is 2.49. The Morgan fingerprint density at radius 3 is 2.65 bits per heavy atom. The maximum atomic E-state index is 3.45. The molecule has 1 aromatic carbocycles. The van der Waals surface area contributed by atoms with Crippen LogP contribution in [-0.2, 0) is 6.54 Å². The van der Waals surface area contributed by atoms with Crippen molar-refractivity contribution in [1.29, 1.82) is 0 Å². The molecule has 2 rings (SSSR count). The zero-order valence-corrected chi connectivity index (χ0v) is 11.5. The molecule has 0 saturated carbocycles. The van der Waals surface area contributed by atoms with Crippen LogP contribution in [0.3, 0.4) is 0 Å². The van der Waals surface area contributed by atoms with Gasteiger partial charge in [0.2, 0.25) is 0 Å². The molecule has 0 saturated heterocycles. The molecule has 0 bridgehead atoms. The Morgan fingerprint density at radius 2 is 2.00 bits per heavy atom. The average Bonchev–Trinajstić information content (AvgIpc) is 2.74. The van der Waals surface area contributed by atoms with E-state index in [2.05, 4.69) is 61.8 Å². The molecule has 1 aromatic heterocycles. The molecule has 0 atom stereocenters. The summed E-state index contributed by atoms with van der Waals surface area (Å²) in [5, 5.41) is 5.67. The Morgan fingerprint density at radius 1 is 1.18 bits per heavy atom. The second kappa shape index (κ2) is 5.48. The summed E-state index contributed by atoms with van der Waals surface area (Å²) in [7, 11) is 0. The highest BCUT2D eigenvalue weighted by atomic mass is 32.1. The minimum absolute atomic E-state index is 0.530. The minimum Gasteiger partial charge on any atom is -0.310 e. The monoisotopic (exact) mass is 245 g/mol. The summed E-state index contributed by atoms with van der Waals surface area (Å²) in [5.74, 6) is 0. The average molecular weight is 245 g/mol. The lowest BCUT2D eigenvalue weighted by Gasteiger charge is -2.09. The Kier molecular flexibility index (Phi) is 3.97. The molecule has 1 nitrogen and oxygen atoms in total. The van der Waals surface area contributed by atoms with Crippen LogP contribution in [0.5, 0.6) is 0 Å². The van der Waals surface area contributed by atoms with Gasteiger partial charge in [0.1, 0.15) is 0 Å². The Hall–Kier alpha value is -1.12. The fourth-order valence-electron chi connectivity index (χ4n) is 1.78. The van der Waals surface area contributed by atoms with Crippen molar-refractivity contribution in [3.05, 3.63) is 46.2 Å². The van der Waals surface area contributed by atoms with Crippen molar-refractivity contribution >= 4 is 11.3 Å². The molecule has 17 heavy (non-hydrogen) atoms. The molecule has 0 aliphatic heterocycles. The van der Waals surface area contributed by atoms with Gasteiger partial charge in [-0.1, -0.05) is 32.0 Å². The molecular formula is C15H19NS. The fraction of sp³-hybridized carbons (Fsp3) is 0.333. The van der Waals surface area contributed by atoms with E-state index in [-0.39, 0.29) is 0 Å². The maximum absolute atomic E-state index is 3.45.